The third-order valence-electron chi connectivity index (χ3n) is 1.78. The average Bonchev–Trinajstić information content (AvgIpc) is 2.18. The van der Waals surface area contributed by atoms with Gasteiger partial charge in [0.1, 0.15) is 5.15 Å². The molecule has 1 aromatic carbocycles. The molecule has 66 valence electrons. The van der Waals surface area contributed by atoms with Gasteiger partial charge in [0.2, 0.25) is 0 Å². The van der Waals surface area contributed by atoms with E-state index in [9.17, 15) is 4.53 Å². The highest BCUT2D eigenvalue weighted by molar-refractivity contribution is 6.34. The number of hydrogen-bond donors (Lipinski definition) is 0. The molecule has 4 heteroatoms. The van der Waals surface area contributed by atoms with Crippen LogP contribution in [0.25, 0.3) is 10.8 Å². The molecule has 0 unspecified atom stereocenters. The molecule has 2 rings (SSSR count). The number of nitrogens with zero attached hydrogens (tertiary/aromatic N) is 1. The third kappa shape index (κ3) is 1.42. The quantitative estimate of drug-likeness (QED) is 0.656. The Morgan fingerprint density at radius 2 is 2.15 bits per heavy atom. The first-order chi connectivity index (χ1) is 6.31. The normalized spacial score (nSPS) is 10.3. The van der Waals surface area contributed by atoms with Gasteiger partial charge in [-0.15, -0.1) is 0 Å². The predicted octanol–water partition coefficient (Wildman–Crippen LogP) is 3.15. The molecule has 1 heterocycles. The van der Waals surface area contributed by atoms with E-state index in [4.69, 9.17) is 11.6 Å². The lowest BCUT2D eigenvalue weighted by Crippen LogP contribution is -1.80. The third-order valence-corrected chi connectivity index (χ3v) is 2.08. The van der Waals surface area contributed by atoms with Crippen LogP contribution in [0.1, 0.15) is 0 Å². The zero-order chi connectivity index (χ0) is 9.26. The lowest BCUT2D eigenvalue weighted by atomic mass is 10.2. The zero-order valence-electron chi connectivity index (χ0n) is 6.50. The summed E-state index contributed by atoms with van der Waals surface area (Å²) in [5, 5.41) is 1.99. The van der Waals surface area contributed by atoms with E-state index in [1.165, 1.54) is 6.07 Å². The Bertz CT molecular complexity index is 447. The molecule has 0 saturated heterocycles. The fraction of sp³-hybridized carbons (Fsp3) is 0. The molecular formula is C9H5ClFNO. The highest BCUT2D eigenvalue weighted by atomic mass is 35.5. The van der Waals surface area contributed by atoms with E-state index in [0.29, 0.717) is 5.15 Å². The van der Waals surface area contributed by atoms with Crippen LogP contribution >= 0.6 is 11.6 Å². The van der Waals surface area contributed by atoms with Gasteiger partial charge >= 0.3 is 0 Å². The monoisotopic (exact) mass is 197 g/mol. The summed E-state index contributed by atoms with van der Waals surface area (Å²) in [7, 11) is 0. The maximum absolute atomic E-state index is 11.8. The molecular weight excluding hydrogens is 193 g/mol. The van der Waals surface area contributed by atoms with E-state index < -0.39 is 0 Å². The van der Waals surface area contributed by atoms with Crippen molar-refractivity contribution in [2.75, 3.05) is 0 Å². The first kappa shape index (κ1) is 8.26. The summed E-state index contributed by atoms with van der Waals surface area (Å²) in [5.74, 6) is 0.162. The van der Waals surface area contributed by atoms with Crippen LogP contribution in [0.4, 0.5) is 4.53 Å². The summed E-state index contributed by atoms with van der Waals surface area (Å²) in [6.45, 7) is 0. The summed E-state index contributed by atoms with van der Waals surface area (Å²) in [6, 6.07) is 6.46. The fourth-order valence-corrected chi connectivity index (χ4v) is 1.40. The fourth-order valence-electron chi connectivity index (χ4n) is 1.17. The maximum atomic E-state index is 11.8. The van der Waals surface area contributed by atoms with Crippen LogP contribution < -0.4 is 4.94 Å². The second-order valence-corrected chi connectivity index (χ2v) is 2.92. The first-order valence-electron chi connectivity index (χ1n) is 3.64. The largest absolute Gasteiger partial charge is 0.294 e. The van der Waals surface area contributed by atoms with Crippen molar-refractivity contribution in [3.05, 3.63) is 35.6 Å². The Kier molecular flexibility index (Phi) is 2.02. The van der Waals surface area contributed by atoms with Crippen LogP contribution in [0.3, 0.4) is 0 Å². The number of aromatic nitrogens is 1. The van der Waals surface area contributed by atoms with Crippen molar-refractivity contribution in [3.8, 4) is 5.75 Å². The van der Waals surface area contributed by atoms with Crippen molar-refractivity contribution in [3.63, 3.8) is 0 Å². The molecule has 2 nitrogen and oxygen atoms in total. The molecule has 0 N–H and O–H groups in total. The van der Waals surface area contributed by atoms with Crippen molar-refractivity contribution in [1.29, 1.82) is 0 Å². The molecule has 0 saturated carbocycles. The van der Waals surface area contributed by atoms with E-state index in [1.807, 2.05) is 0 Å². The van der Waals surface area contributed by atoms with Crippen LogP contribution in [0.15, 0.2) is 30.5 Å². The van der Waals surface area contributed by atoms with Crippen molar-refractivity contribution in [2.24, 2.45) is 0 Å². The van der Waals surface area contributed by atoms with Gasteiger partial charge in [0.25, 0.3) is 0 Å². The highest BCUT2D eigenvalue weighted by Gasteiger charge is 2.01. The molecule has 0 aliphatic rings. The standard InChI is InChI=1S/C9H5ClFNO/c10-9-8-2-1-7(13-11)5-6(8)3-4-12-9/h1-5H. The smallest absolute Gasteiger partial charge is 0.172 e. The van der Waals surface area contributed by atoms with Crippen LogP contribution in [0.2, 0.25) is 5.15 Å². The topological polar surface area (TPSA) is 22.1 Å². The maximum Gasteiger partial charge on any atom is 0.172 e. The molecule has 0 aliphatic carbocycles. The van der Waals surface area contributed by atoms with Crippen molar-refractivity contribution in [2.45, 2.75) is 0 Å². The molecule has 13 heavy (non-hydrogen) atoms. The average molecular weight is 198 g/mol. The van der Waals surface area contributed by atoms with E-state index in [-0.39, 0.29) is 5.75 Å². The molecule has 2 aromatic rings. The first-order valence-corrected chi connectivity index (χ1v) is 4.02. The Morgan fingerprint density at radius 1 is 1.31 bits per heavy atom. The van der Waals surface area contributed by atoms with E-state index in [0.717, 1.165) is 10.8 Å². The van der Waals surface area contributed by atoms with Crippen LogP contribution in [-0.4, -0.2) is 4.98 Å². The van der Waals surface area contributed by atoms with Gasteiger partial charge in [-0.3, -0.25) is 4.94 Å². The Labute approximate surface area is 78.8 Å². The Morgan fingerprint density at radius 3 is 2.92 bits per heavy atom. The van der Waals surface area contributed by atoms with Gasteiger partial charge in [0.05, 0.1) is 0 Å². The molecule has 0 bridgehead atoms. The highest BCUT2D eigenvalue weighted by Crippen LogP contribution is 2.25. The Hall–Kier alpha value is -1.35. The summed E-state index contributed by atoms with van der Waals surface area (Å²) in [4.78, 5) is 7.49. The second kappa shape index (κ2) is 3.18. The van der Waals surface area contributed by atoms with Crippen molar-refractivity contribution in [1.82, 2.24) is 4.98 Å². The molecule has 0 aliphatic heterocycles. The summed E-state index contributed by atoms with van der Waals surface area (Å²) < 4.78 is 11.8. The molecule has 0 spiro atoms. The molecule has 0 fully saturated rings. The van der Waals surface area contributed by atoms with Crippen LogP contribution in [0, 0.1) is 0 Å². The summed E-state index contributed by atoms with van der Waals surface area (Å²) in [5.41, 5.74) is 0. The van der Waals surface area contributed by atoms with Gasteiger partial charge in [0.15, 0.2) is 5.75 Å². The minimum atomic E-state index is 0.162. The number of pyridine rings is 1. The van der Waals surface area contributed by atoms with Gasteiger partial charge in [0, 0.05) is 16.1 Å². The van der Waals surface area contributed by atoms with E-state index in [2.05, 4.69) is 9.93 Å². The van der Waals surface area contributed by atoms with Gasteiger partial charge in [-0.2, -0.15) is 0 Å². The minimum absolute atomic E-state index is 0.162. The van der Waals surface area contributed by atoms with Crippen molar-refractivity contribution < 1.29 is 9.47 Å². The van der Waals surface area contributed by atoms with Crippen LogP contribution in [-0.2, 0) is 0 Å². The van der Waals surface area contributed by atoms with E-state index >= 15 is 0 Å². The van der Waals surface area contributed by atoms with E-state index in [1.54, 1.807) is 24.4 Å². The lowest BCUT2D eigenvalue weighted by Gasteiger charge is -1.99. The van der Waals surface area contributed by atoms with Gasteiger partial charge in [-0.05, 0) is 29.7 Å². The molecule has 0 radical (unpaired) electrons. The Balaban J connectivity index is 2.72. The molecule has 0 amide bonds. The molecule has 1 aromatic heterocycles. The molecule has 0 atom stereocenters. The number of hydrogen-bond acceptors (Lipinski definition) is 2. The lowest BCUT2D eigenvalue weighted by molar-refractivity contribution is -0.00603. The number of rotatable bonds is 1. The second-order valence-electron chi connectivity index (χ2n) is 2.56. The SMILES string of the molecule is FOc1ccc2c(Cl)nccc2c1. The minimum Gasteiger partial charge on any atom is -0.294 e. The predicted molar refractivity (Wildman–Crippen MR) is 48.5 cm³/mol. The van der Waals surface area contributed by atoms with Gasteiger partial charge in [-0.1, -0.05) is 11.6 Å². The number of halogens is 2. The summed E-state index contributed by atoms with van der Waals surface area (Å²) >= 11 is 5.81. The summed E-state index contributed by atoms with van der Waals surface area (Å²) in [6.07, 6.45) is 1.56. The van der Waals surface area contributed by atoms with Crippen LogP contribution in [0.5, 0.6) is 5.75 Å². The number of fused-ring (bicyclic) bond motifs is 1. The van der Waals surface area contributed by atoms with Gasteiger partial charge < -0.3 is 0 Å². The van der Waals surface area contributed by atoms with Gasteiger partial charge in [-0.25, -0.2) is 4.98 Å². The van der Waals surface area contributed by atoms with Crippen molar-refractivity contribution >= 4 is 22.4 Å². The number of benzene rings is 1. The zero-order valence-corrected chi connectivity index (χ0v) is 7.25.